The van der Waals surface area contributed by atoms with Crippen LogP contribution < -0.4 is 15.8 Å². The van der Waals surface area contributed by atoms with Crippen LogP contribution in [-0.4, -0.2) is 45.5 Å². The number of hydrogen-bond acceptors (Lipinski definition) is 6. The van der Waals surface area contributed by atoms with E-state index in [1.807, 2.05) is 19.1 Å². The van der Waals surface area contributed by atoms with Crippen LogP contribution in [0.1, 0.15) is 18.5 Å². The van der Waals surface area contributed by atoms with Gasteiger partial charge in [-0.05, 0) is 38.0 Å². The average Bonchev–Trinajstić information content (AvgIpc) is 2.64. The van der Waals surface area contributed by atoms with Gasteiger partial charge in [0.2, 0.25) is 5.91 Å². The Morgan fingerprint density at radius 1 is 1.24 bits per heavy atom. The molecule has 0 radical (unpaired) electrons. The number of anilines is 1. The van der Waals surface area contributed by atoms with E-state index in [-0.39, 0.29) is 17.4 Å². The highest BCUT2D eigenvalue weighted by molar-refractivity contribution is 5.78. The molecule has 3 rings (SSSR count). The SMILES string of the molecule is Cc1ccc(N2CCC(C(=O)NCCn3ncccc3=O)CC2)nn1. The van der Waals surface area contributed by atoms with Crippen LogP contribution in [0.2, 0.25) is 0 Å². The molecule has 1 aliphatic heterocycles. The van der Waals surface area contributed by atoms with Crippen molar-refractivity contribution in [3.8, 4) is 0 Å². The largest absolute Gasteiger partial charge is 0.355 e. The van der Waals surface area contributed by atoms with Gasteiger partial charge in [-0.15, -0.1) is 5.10 Å². The van der Waals surface area contributed by atoms with Crippen LogP contribution in [0.3, 0.4) is 0 Å². The van der Waals surface area contributed by atoms with Gasteiger partial charge >= 0.3 is 0 Å². The van der Waals surface area contributed by atoms with Crippen molar-refractivity contribution < 1.29 is 4.79 Å². The highest BCUT2D eigenvalue weighted by Gasteiger charge is 2.25. The number of aryl methyl sites for hydroxylation is 1. The molecular formula is C17H22N6O2. The van der Waals surface area contributed by atoms with E-state index in [0.29, 0.717) is 13.1 Å². The number of carbonyl (C=O) groups is 1. The van der Waals surface area contributed by atoms with Gasteiger partial charge in [-0.1, -0.05) is 0 Å². The minimum Gasteiger partial charge on any atom is -0.355 e. The Labute approximate surface area is 145 Å². The first-order valence-corrected chi connectivity index (χ1v) is 8.48. The Kier molecular flexibility index (Phi) is 5.37. The standard InChI is InChI=1S/C17H22N6O2/c1-13-4-5-15(21-20-13)22-10-6-14(7-11-22)17(25)18-9-12-23-16(24)3-2-8-19-23/h2-5,8,14H,6-7,9-12H2,1H3,(H,18,25). The number of aromatic nitrogens is 4. The molecule has 2 aromatic rings. The quantitative estimate of drug-likeness (QED) is 0.844. The fourth-order valence-electron chi connectivity index (χ4n) is 2.92. The third kappa shape index (κ3) is 4.40. The van der Waals surface area contributed by atoms with Gasteiger partial charge in [0, 0.05) is 37.8 Å². The molecule has 3 heterocycles. The molecule has 0 aliphatic carbocycles. The highest BCUT2D eigenvalue weighted by atomic mass is 16.2. The lowest BCUT2D eigenvalue weighted by atomic mass is 9.96. The predicted molar refractivity (Wildman–Crippen MR) is 93.2 cm³/mol. The van der Waals surface area contributed by atoms with E-state index in [0.717, 1.165) is 37.4 Å². The second-order valence-electron chi connectivity index (χ2n) is 6.17. The maximum atomic E-state index is 12.3. The molecule has 8 heteroatoms. The van der Waals surface area contributed by atoms with Crippen molar-refractivity contribution >= 4 is 11.7 Å². The van der Waals surface area contributed by atoms with Crippen molar-refractivity contribution in [2.24, 2.45) is 5.92 Å². The molecular weight excluding hydrogens is 320 g/mol. The maximum Gasteiger partial charge on any atom is 0.266 e. The third-order valence-electron chi connectivity index (χ3n) is 4.38. The first kappa shape index (κ1) is 17.1. The zero-order chi connectivity index (χ0) is 17.6. The number of piperidine rings is 1. The van der Waals surface area contributed by atoms with Crippen molar-refractivity contribution in [3.05, 3.63) is 46.5 Å². The molecule has 0 saturated carbocycles. The summed E-state index contributed by atoms with van der Waals surface area (Å²) in [5.74, 6) is 0.896. The van der Waals surface area contributed by atoms with Gasteiger partial charge in [-0.25, -0.2) is 4.68 Å². The highest BCUT2D eigenvalue weighted by Crippen LogP contribution is 2.21. The lowest BCUT2D eigenvalue weighted by Crippen LogP contribution is -2.42. The van der Waals surface area contributed by atoms with E-state index in [9.17, 15) is 9.59 Å². The second-order valence-corrected chi connectivity index (χ2v) is 6.17. The summed E-state index contributed by atoms with van der Waals surface area (Å²) >= 11 is 0. The van der Waals surface area contributed by atoms with Gasteiger partial charge in [0.1, 0.15) is 0 Å². The summed E-state index contributed by atoms with van der Waals surface area (Å²) in [5.41, 5.74) is 0.731. The summed E-state index contributed by atoms with van der Waals surface area (Å²) < 4.78 is 1.35. The molecule has 0 bridgehead atoms. The normalized spacial score (nSPS) is 15.2. The lowest BCUT2D eigenvalue weighted by molar-refractivity contribution is -0.125. The zero-order valence-corrected chi connectivity index (χ0v) is 14.3. The molecule has 2 aromatic heterocycles. The molecule has 1 N–H and O–H groups in total. The number of amides is 1. The van der Waals surface area contributed by atoms with Crippen LogP contribution in [0.25, 0.3) is 0 Å². The van der Waals surface area contributed by atoms with Crippen LogP contribution in [0.5, 0.6) is 0 Å². The smallest absolute Gasteiger partial charge is 0.266 e. The van der Waals surface area contributed by atoms with Gasteiger partial charge < -0.3 is 10.2 Å². The lowest BCUT2D eigenvalue weighted by Gasteiger charge is -2.31. The Morgan fingerprint density at radius 3 is 2.72 bits per heavy atom. The first-order chi connectivity index (χ1) is 12.1. The fourth-order valence-corrected chi connectivity index (χ4v) is 2.92. The molecule has 1 fully saturated rings. The zero-order valence-electron chi connectivity index (χ0n) is 14.3. The summed E-state index contributed by atoms with van der Waals surface area (Å²) in [6.45, 7) is 4.26. The fraction of sp³-hybridized carbons (Fsp3) is 0.471. The predicted octanol–water partition coefficient (Wildman–Crippen LogP) is 0.375. The van der Waals surface area contributed by atoms with E-state index < -0.39 is 0 Å². The minimum absolute atomic E-state index is 0.00453. The summed E-state index contributed by atoms with van der Waals surface area (Å²) in [7, 11) is 0. The van der Waals surface area contributed by atoms with Gasteiger partial charge in [0.25, 0.3) is 5.56 Å². The number of carbonyl (C=O) groups excluding carboxylic acids is 1. The van der Waals surface area contributed by atoms with Gasteiger partial charge in [-0.2, -0.15) is 10.2 Å². The Morgan fingerprint density at radius 2 is 2.04 bits per heavy atom. The van der Waals surface area contributed by atoms with Crippen LogP contribution in [0.15, 0.2) is 35.3 Å². The molecule has 0 aromatic carbocycles. The van der Waals surface area contributed by atoms with Gasteiger partial charge in [0.15, 0.2) is 5.82 Å². The van der Waals surface area contributed by atoms with Crippen molar-refractivity contribution in [1.82, 2.24) is 25.3 Å². The summed E-state index contributed by atoms with van der Waals surface area (Å²) in [6.07, 6.45) is 3.13. The van der Waals surface area contributed by atoms with E-state index in [4.69, 9.17) is 0 Å². The third-order valence-corrected chi connectivity index (χ3v) is 4.38. The topological polar surface area (TPSA) is 93.0 Å². The molecule has 8 nitrogen and oxygen atoms in total. The van der Waals surface area contributed by atoms with Crippen molar-refractivity contribution in [3.63, 3.8) is 0 Å². The van der Waals surface area contributed by atoms with Crippen LogP contribution >= 0.6 is 0 Å². The Balaban J connectivity index is 1.44. The van der Waals surface area contributed by atoms with Crippen LogP contribution in [0, 0.1) is 12.8 Å². The molecule has 1 amide bonds. The van der Waals surface area contributed by atoms with E-state index in [1.54, 1.807) is 12.3 Å². The van der Waals surface area contributed by atoms with E-state index >= 15 is 0 Å². The number of rotatable bonds is 5. The van der Waals surface area contributed by atoms with Crippen molar-refractivity contribution in [2.45, 2.75) is 26.3 Å². The Bertz CT molecular complexity index is 765. The molecule has 0 atom stereocenters. The minimum atomic E-state index is -0.163. The van der Waals surface area contributed by atoms with Crippen LogP contribution in [-0.2, 0) is 11.3 Å². The second kappa shape index (κ2) is 7.87. The summed E-state index contributed by atoms with van der Waals surface area (Å²) in [4.78, 5) is 26.0. The monoisotopic (exact) mass is 342 g/mol. The number of hydrogen-bond donors (Lipinski definition) is 1. The van der Waals surface area contributed by atoms with Crippen molar-refractivity contribution in [2.75, 3.05) is 24.5 Å². The summed E-state index contributed by atoms with van der Waals surface area (Å²) in [6, 6.07) is 6.97. The molecule has 0 spiro atoms. The van der Waals surface area contributed by atoms with Gasteiger partial charge in [0.05, 0.1) is 12.2 Å². The molecule has 1 saturated heterocycles. The number of nitrogens with zero attached hydrogens (tertiary/aromatic N) is 5. The van der Waals surface area contributed by atoms with E-state index in [2.05, 4.69) is 25.5 Å². The first-order valence-electron chi connectivity index (χ1n) is 8.48. The average molecular weight is 342 g/mol. The molecule has 0 unspecified atom stereocenters. The van der Waals surface area contributed by atoms with Gasteiger partial charge in [-0.3, -0.25) is 9.59 Å². The van der Waals surface area contributed by atoms with Crippen LogP contribution in [0.4, 0.5) is 5.82 Å². The van der Waals surface area contributed by atoms with E-state index in [1.165, 1.54) is 10.7 Å². The molecule has 1 aliphatic rings. The number of nitrogens with one attached hydrogen (secondary N) is 1. The maximum absolute atomic E-state index is 12.3. The molecule has 132 valence electrons. The molecule has 25 heavy (non-hydrogen) atoms. The van der Waals surface area contributed by atoms with Crippen molar-refractivity contribution in [1.29, 1.82) is 0 Å². The Hall–Kier alpha value is -2.77. The summed E-state index contributed by atoms with van der Waals surface area (Å²) in [5, 5.41) is 15.2.